The Morgan fingerprint density at radius 1 is 1.16 bits per heavy atom. The molecule has 0 aliphatic heterocycles. The van der Waals surface area contributed by atoms with Crippen LogP contribution < -0.4 is 0 Å². The van der Waals surface area contributed by atoms with E-state index in [9.17, 15) is 4.79 Å². The molecule has 0 aromatic heterocycles. The molecule has 4 heteroatoms. The molecule has 3 nitrogen and oxygen atoms in total. The molecule has 0 heterocycles. The van der Waals surface area contributed by atoms with Gasteiger partial charge < -0.3 is 9.47 Å². The van der Waals surface area contributed by atoms with Crippen molar-refractivity contribution in [2.24, 2.45) is 0 Å². The number of benzene rings is 2. The monoisotopic (exact) mass is 354 g/mol. The van der Waals surface area contributed by atoms with Gasteiger partial charge in [-0.1, -0.05) is 60.6 Å². The van der Waals surface area contributed by atoms with E-state index >= 15 is 0 Å². The van der Waals surface area contributed by atoms with Crippen LogP contribution in [0.5, 0.6) is 0 Å². The number of carbonyl (C=O) groups is 1. The van der Waals surface area contributed by atoms with Gasteiger partial charge in [0.05, 0.1) is 18.8 Å². The normalized spacial score (nSPS) is 12.7. The maximum absolute atomic E-state index is 12.0. The van der Waals surface area contributed by atoms with Crippen molar-refractivity contribution in [2.75, 3.05) is 7.11 Å². The Morgan fingerprint density at radius 2 is 1.80 bits per heavy atom. The first kappa shape index (κ1) is 18.8. The number of hydrogen-bond donors (Lipinski definition) is 0. The van der Waals surface area contributed by atoms with Crippen molar-refractivity contribution < 1.29 is 14.3 Å². The van der Waals surface area contributed by atoms with Gasteiger partial charge in [-0.2, -0.15) is 0 Å². The van der Waals surface area contributed by atoms with Crippen LogP contribution in [0.2, 0.25) is 5.02 Å². The summed E-state index contributed by atoms with van der Waals surface area (Å²) in [4.78, 5) is 12.0. The summed E-state index contributed by atoms with van der Waals surface area (Å²) < 4.78 is 11.0. The van der Waals surface area contributed by atoms with Crippen LogP contribution in [0.25, 0.3) is 0 Å². The molecular formula is C21H19ClO3. The molecule has 2 aromatic carbocycles. The number of hydrogen-bond acceptors (Lipinski definition) is 3. The smallest absolute Gasteiger partial charge is 0.336 e. The van der Waals surface area contributed by atoms with Crippen molar-refractivity contribution in [3.8, 4) is 12.3 Å². The van der Waals surface area contributed by atoms with E-state index in [4.69, 9.17) is 27.5 Å². The first-order chi connectivity index (χ1) is 12.1. The maximum atomic E-state index is 12.0. The second kappa shape index (κ2) is 9.08. The van der Waals surface area contributed by atoms with Crippen molar-refractivity contribution in [2.45, 2.75) is 18.6 Å². The van der Waals surface area contributed by atoms with Crippen LogP contribution in [0.1, 0.15) is 29.8 Å². The first-order valence-corrected chi connectivity index (χ1v) is 8.11. The highest BCUT2D eigenvalue weighted by Gasteiger charge is 2.26. The fraction of sp³-hybridized carbons (Fsp3) is 0.190. The lowest BCUT2D eigenvalue weighted by molar-refractivity contribution is -0.138. The summed E-state index contributed by atoms with van der Waals surface area (Å²) in [7, 11) is 1.31. The van der Waals surface area contributed by atoms with E-state index in [1.165, 1.54) is 7.11 Å². The highest BCUT2D eigenvalue weighted by molar-refractivity contribution is 6.30. The molecule has 2 atom stereocenters. The topological polar surface area (TPSA) is 35.5 Å². The summed E-state index contributed by atoms with van der Waals surface area (Å²) in [6, 6.07) is 16.7. The van der Waals surface area contributed by atoms with Crippen molar-refractivity contribution >= 4 is 17.6 Å². The molecule has 0 aliphatic carbocycles. The number of rotatable bonds is 7. The number of methoxy groups -OCH3 is 1. The SMILES string of the molecule is C#CCC(OC(C(=C)C(=O)OC)c1ccc(Cl)cc1)c1ccccc1. The molecule has 0 saturated heterocycles. The van der Waals surface area contributed by atoms with Gasteiger partial charge in [0.2, 0.25) is 0 Å². The minimum atomic E-state index is -0.691. The van der Waals surface area contributed by atoms with Crippen molar-refractivity contribution in [1.82, 2.24) is 0 Å². The average Bonchev–Trinajstić information content (AvgIpc) is 2.65. The summed E-state index contributed by atoms with van der Waals surface area (Å²) in [5, 5.41) is 0.592. The predicted octanol–water partition coefficient (Wildman–Crippen LogP) is 4.89. The molecule has 0 saturated carbocycles. The molecule has 0 bridgehead atoms. The van der Waals surface area contributed by atoms with Gasteiger partial charge >= 0.3 is 5.97 Å². The van der Waals surface area contributed by atoms with Crippen LogP contribution in [0, 0.1) is 12.3 Å². The van der Waals surface area contributed by atoms with E-state index < -0.39 is 12.1 Å². The van der Waals surface area contributed by atoms with Crippen LogP contribution >= 0.6 is 11.6 Å². The van der Waals surface area contributed by atoms with Crippen molar-refractivity contribution in [3.05, 3.63) is 82.9 Å². The standard InChI is InChI=1S/C21H19ClO3/c1-4-8-19(16-9-6-5-7-10-16)25-20(15(2)21(23)24-3)17-11-13-18(22)14-12-17/h1,5-7,9-14,19-20H,2,8H2,3H3. The first-order valence-electron chi connectivity index (χ1n) is 7.73. The van der Waals surface area contributed by atoms with E-state index in [0.29, 0.717) is 11.4 Å². The lowest BCUT2D eigenvalue weighted by Crippen LogP contribution is -2.18. The van der Waals surface area contributed by atoms with Crippen LogP contribution in [-0.4, -0.2) is 13.1 Å². The second-order valence-electron chi connectivity index (χ2n) is 5.39. The molecule has 2 aromatic rings. The van der Waals surface area contributed by atoms with Crippen molar-refractivity contribution in [1.29, 1.82) is 0 Å². The number of carbonyl (C=O) groups excluding carboxylic acids is 1. The van der Waals surface area contributed by atoms with Gasteiger partial charge in [-0.3, -0.25) is 0 Å². The quantitative estimate of drug-likeness (QED) is 0.403. The summed E-state index contributed by atoms with van der Waals surface area (Å²) in [5.74, 6) is 2.09. The van der Waals surface area contributed by atoms with Crippen LogP contribution in [0.15, 0.2) is 66.7 Å². The van der Waals surface area contributed by atoms with Gasteiger partial charge in [-0.15, -0.1) is 12.3 Å². The molecule has 2 unspecified atom stereocenters. The Morgan fingerprint density at radius 3 is 2.36 bits per heavy atom. The predicted molar refractivity (Wildman–Crippen MR) is 99.1 cm³/mol. The third kappa shape index (κ3) is 4.96. The number of esters is 1. The highest BCUT2D eigenvalue weighted by Crippen LogP contribution is 2.34. The Kier molecular flexibility index (Phi) is 6.82. The Bertz CT molecular complexity index is 760. The fourth-order valence-corrected chi connectivity index (χ4v) is 2.55. The average molecular weight is 355 g/mol. The molecule has 0 aliphatic rings. The largest absolute Gasteiger partial charge is 0.466 e. The summed E-state index contributed by atoms with van der Waals surface area (Å²) >= 11 is 5.96. The Balaban J connectivity index is 2.36. The third-order valence-electron chi connectivity index (χ3n) is 3.71. The summed E-state index contributed by atoms with van der Waals surface area (Å²) in [5.41, 5.74) is 1.87. The van der Waals surface area contributed by atoms with Crippen LogP contribution in [0.3, 0.4) is 0 Å². The maximum Gasteiger partial charge on any atom is 0.336 e. The van der Waals surface area contributed by atoms with Gasteiger partial charge in [0.15, 0.2) is 0 Å². The molecule has 128 valence electrons. The summed E-state index contributed by atoms with van der Waals surface area (Å²) in [6.07, 6.45) is 4.79. The van der Waals surface area contributed by atoms with Gasteiger partial charge in [-0.05, 0) is 23.3 Å². The van der Waals surface area contributed by atoms with Gasteiger partial charge in [0, 0.05) is 11.4 Å². The lowest BCUT2D eigenvalue weighted by Gasteiger charge is -2.25. The highest BCUT2D eigenvalue weighted by atomic mass is 35.5. The van der Waals surface area contributed by atoms with Crippen molar-refractivity contribution in [3.63, 3.8) is 0 Å². The Labute approximate surface area is 153 Å². The molecule has 0 radical (unpaired) electrons. The van der Waals surface area contributed by atoms with E-state index in [1.807, 2.05) is 30.3 Å². The number of halogens is 1. The van der Waals surface area contributed by atoms with Crippen LogP contribution in [0.4, 0.5) is 0 Å². The van der Waals surface area contributed by atoms with E-state index in [1.54, 1.807) is 24.3 Å². The molecule has 0 amide bonds. The molecule has 0 spiro atoms. The van der Waals surface area contributed by atoms with Crippen LogP contribution in [-0.2, 0) is 14.3 Å². The number of ether oxygens (including phenoxy) is 2. The molecular weight excluding hydrogens is 336 g/mol. The minimum absolute atomic E-state index is 0.197. The zero-order valence-electron chi connectivity index (χ0n) is 13.9. The molecule has 25 heavy (non-hydrogen) atoms. The molecule has 0 fully saturated rings. The Hall–Kier alpha value is -2.54. The second-order valence-corrected chi connectivity index (χ2v) is 5.83. The van der Waals surface area contributed by atoms with E-state index in [2.05, 4.69) is 12.5 Å². The van der Waals surface area contributed by atoms with E-state index in [-0.39, 0.29) is 11.7 Å². The molecule has 0 N–H and O–H groups in total. The van der Waals surface area contributed by atoms with Gasteiger partial charge in [-0.25, -0.2) is 4.79 Å². The summed E-state index contributed by atoms with van der Waals surface area (Å²) in [6.45, 7) is 3.85. The van der Waals surface area contributed by atoms with Gasteiger partial charge in [0.25, 0.3) is 0 Å². The zero-order chi connectivity index (χ0) is 18.2. The van der Waals surface area contributed by atoms with Gasteiger partial charge in [0.1, 0.15) is 6.10 Å². The number of terminal acetylenes is 1. The van der Waals surface area contributed by atoms with E-state index in [0.717, 1.165) is 11.1 Å². The zero-order valence-corrected chi connectivity index (χ0v) is 14.7. The fourth-order valence-electron chi connectivity index (χ4n) is 2.42. The third-order valence-corrected chi connectivity index (χ3v) is 3.96. The lowest BCUT2D eigenvalue weighted by atomic mass is 10.0. The molecule has 2 rings (SSSR count). The minimum Gasteiger partial charge on any atom is -0.466 e.